The molecule has 106 valence electrons. The fraction of sp³-hybridized carbons (Fsp3) is 0.200. The minimum atomic E-state index is -4.36. The Bertz CT molecular complexity index is 608. The van der Waals surface area contributed by atoms with Crippen LogP contribution in [0.15, 0.2) is 42.5 Å². The van der Waals surface area contributed by atoms with Gasteiger partial charge >= 0.3 is 6.18 Å². The third kappa shape index (κ3) is 3.44. The van der Waals surface area contributed by atoms with Crippen LogP contribution in [0.3, 0.4) is 0 Å². The molecule has 0 amide bonds. The first-order chi connectivity index (χ1) is 9.37. The second kappa shape index (κ2) is 5.45. The van der Waals surface area contributed by atoms with E-state index >= 15 is 0 Å². The molecule has 0 aliphatic rings. The van der Waals surface area contributed by atoms with Gasteiger partial charge in [0.1, 0.15) is 5.75 Å². The Hall–Kier alpha value is -2.17. The summed E-state index contributed by atoms with van der Waals surface area (Å²) in [5.74, 6) is 0.108. The van der Waals surface area contributed by atoms with Crippen molar-refractivity contribution in [3.8, 4) is 16.9 Å². The molecule has 0 saturated carbocycles. The van der Waals surface area contributed by atoms with E-state index in [2.05, 4.69) is 4.74 Å². The Kier molecular flexibility index (Phi) is 3.88. The van der Waals surface area contributed by atoms with Crippen LogP contribution in [0.2, 0.25) is 0 Å². The first-order valence-corrected chi connectivity index (χ1v) is 6.02. The summed E-state index contributed by atoms with van der Waals surface area (Å²) in [5, 5.41) is 0. The zero-order chi connectivity index (χ0) is 14.8. The van der Waals surface area contributed by atoms with Gasteiger partial charge in [-0.1, -0.05) is 24.3 Å². The van der Waals surface area contributed by atoms with Crippen molar-refractivity contribution in [1.82, 2.24) is 0 Å². The lowest BCUT2D eigenvalue weighted by Crippen LogP contribution is -2.19. The molecule has 0 fully saturated rings. The number of aryl methyl sites for hydroxylation is 1. The minimum Gasteiger partial charge on any atom is -0.484 e. The summed E-state index contributed by atoms with van der Waals surface area (Å²) >= 11 is 0. The van der Waals surface area contributed by atoms with Gasteiger partial charge in [0, 0.05) is 17.3 Å². The van der Waals surface area contributed by atoms with Gasteiger partial charge < -0.3 is 10.5 Å². The van der Waals surface area contributed by atoms with Gasteiger partial charge in [0.05, 0.1) is 0 Å². The number of ether oxygens (including phenoxy) is 1. The lowest BCUT2D eigenvalue weighted by atomic mass is 9.99. The fourth-order valence-corrected chi connectivity index (χ4v) is 1.92. The van der Waals surface area contributed by atoms with Crippen molar-refractivity contribution in [3.05, 3.63) is 48.0 Å². The molecule has 2 nitrogen and oxygen atoms in total. The Morgan fingerprint density at radius 2 is 1.75 bits per heavy atom. The van der Waals surface area contributed by atoms with Crippen molar-refractivity contribution in [1.29, 1.82) is 0 Å². The molecule has 0 atom stereocenters. The zero-order valence-corrected chi connectivity index (χ0v) is 10.9. The van der Waals surface area contributed by atoms with Crippen LogP contribution in [-0.2, 0) is 0 Å². The van der Waals surface area contributed by atoms with Crippen LogP contribution in [0.4, 0.5) is 18.9 Å². The van der Waals surface area contributed by atoms with E-state index in [9.17, 15) is 13.2 Å². The molecule has 0 aliphatic carbocycles. The molecular weight excluding hydrogens is 267 g/mol. The third-order valence-electron chi connectivity index (χ3n) is 2.86. The van der Waals surface area contributed by atoms with Crippen LogP contribution in [0, 0.1) is 6.92 Å². The number of rotatable bonds is 3. The second-order valence-corrected chi connectivity index (χ2v) is 4.47. The van der Waals surface area contributed by atoms with E-state index in [0.29, 0.717) is 5.69 Å². The summed E-state index contributed by atoms with van der Waals surface area (Å²) in [6.07, 6.45) is -4.36. The molecule has 2 aromatic rings. The van der Waals surface area contributed by atoms with Crippen LogP contribution < -0.4 is 10.5 Å². The van der Waals surface area contributed by atoms with Crippen molar-refractivity contribution in [2.45, 2.75) is 13.1 Å². The molecule has 5 heteroatoms. The average Bonchev–Trinajstić information content (AvgIpc) is 2.37. The number of anilines is 1. The van der Waals surface area contributed by atoms with Crippen LogP contribution in [-0.4, -0.2) is 12.8 Å². The Morgan fingerprint density at radius 1 is 1.05 bits per heavy atom. The highest BCUT2D eigenvalue weighted by Crippen LogP contribution is 2.31. The number of nitrogen functional groups attached to an aromatic ring is 1. The lowest BCUT2D eigenvalue weighted by Gasteiger charge is -2.13. The normalized spacial score (nSPS) is 11.4. The molecular formula is C15H14F3NO. The molecule has 0 bridgehead atoms. The van der Waals surface area contributed by atoms with E-state index in [1.54, 1.807) is 6.07 Å². The SMILES string of the molecule is Cc1ccccc1-c1ccc(OCC(F)(F)F)cc1N. The first-order valence-electron chi connectivity index (χ1n) is 6.02. The quantitative estimate of drug-likeness (QED) is 0.856. The smallest absolute Gasteiger partial charge is 0.422 e. The molecule has 2 N–H and O–H groups in total. The zero-order valence-electron chi connectivity index (χ0n) is 10.9. The van der Waals surface area contributed by atoms with E-state index in [1.807, 2.05) is 31.2 Å². The molecule has 0 heterocycles. The van der Waals surface area contributed by atoms with Crippen LogP contribution in [0.1, 0.15) is 5.56 Å². The van der Waals surface area contributed by atoms with E-state index < -0.39 is 12.8 Å². The lowest BCUT2D eigenvalue weighted by molar-refractivity contribution is -0.153. The van der Waals surface area contributed by atoms with Crippen molar-refractivity contribution >= 4 is 5.69 Å². The standard InChI is InChI=1S/C15H14F3NO/c1-10-4-2-3-5-12(10)13-7-6-11(8-14(13)19)20-9-15(16,17)18/h2-8H,9,19H2,1H3. The summed E-state index contributed by atoms with van der Waals surface area (Å²) in [6, 6.07) is 12.2. The summed E-state index contributed by atoms with van der Waals surface area (Å²) < 4.78 is 40.9. The summed E-state index contributed by atoms with van der Waals surface area (Å²) in [6.45, 7) is 0.624. The van der Waals surface area contributed by atoms with E-state index in [1.165, 1.54) is 12.1 Å². The highest BCUT2D eigenvalue weighted by Gasteiger charge is 2.28. The Balaban J connectivity index is 2.25. The number of hydrogen-bond donors (Lipinski definition) is 1. The van der Waals surface area contributed by atoms with Gasteiger partial charge in [-0.2, -0.15) is 13.2 Å². The maximum Gasteiger partial charge on any atom is 0.422 e. The fourth-order valence-electron chi connectivity index (χ4n) is 1.92. The van der Waals surface area contributed by atoms with Crippen molar-refractivity contribution in [2.75, 3.05) is 12.3 Å². The topological polar surface area (TPSA) is 35.2 Å². The van der Waals surface area contributed by atoms with Crippen LogP contribution >= 0.6 is 0 Å². The molecule has 0 aromatic heterocycles. The summed E-state index contributed by atoms with van der Waals surface area (Å²) in [7, 11) is 0. The maximum absolute atomic E-state index is 12.1. The van der Waals surface area contributed by atoms with E-state index in [-0.39, 0.29) is 5.75 Å². The summed E-state index contributed by atoms with van der Waals surface area (Å²) in [5.41, 5.74) is 9.06. The maximum atomic E-state index is 12.1. The number of hydrogen-bond acceptors (Lipinski definition) is 2. The van der Waals surface area contributed by atoms with Gasteiger partial charge in [0.15, 0.2) is 6.61 Å². The van der Waals surface area contributed by atoms with Crippen molar-refractivity contribution in [2.24, 2.45) is 0 Å². The minimum absolute atomic E-state index is 0.108. The highest BCUT2D eigenvalue weighted by molar-refractivity contribution is 5.79. The van der Waals surface area contributed by atoms with Crippen LogP contribution in [0.5, 0.6) is 5.75 Å². The second-order valence-electron chi connectivity index (χ2n) is 4.47. The van der Waals surface area contributed by atoms with Crippen molar-refractivity contribution in [3.63, 3.8) is 0 Å². The molecule has 0 aliphatic heterocycles. The van der Waals surface area contributed by atoms with Gasteiger partial charge in [-0.3, -0.25) is 0 Å². The number of halogens is 3. The number of benzene rings is 2. The molecule has 0 radical (unpaired) electrons. The highest BCUT2D eigenvalue weighted by atomic mass is 19.4. The third-order valence-corrected chi connectivity index (χ3v) is 2.86. The Labute approximate surface area is 115 Å². The Morgan fingerprint density at radius 3 is 2.35 bits per heavy atom. The van der Waals surface area contributed by atoms with Gasteiger partial charge in [-0.15, -0.1) is 0 Å². The number of alkyl halides is 3. The van der Waals surface area contributed by atoms with E-state index in [4.69, 9.17) is 5.73 Å². The predicted octanol–water partition coefficient (Wildman–Crippen LogP) is 4.19. The molecule has 0 spiro atoms. The monoisotopic (exact) mass is 281 g/mol. The van der Waals surface area contributed by atoms with Crippen molar-refractivity contribution < 1.29 is 17.9 Å². The molecule has 2 rings (SSSR count). The van der Waals surface area contributed by atoms with Crippen LogP contribution in [0.25, 0.3) is 11.1 Å². The molecule has 2 aromatic carbocycles. The van der Waals surface area contributed by atoms with Gasteiger partial charge in [-0.25, -0.2) is 0 Å². The van der Waals surface area contributed by atoms with Gasteiger partial charge in [-0.05, 0) is 30.2 Å². The average molecular weight is 281 g/mol. The molecule has 20 heavy (non-hydrogen) atoms. The first kappa shape index (κ1) is 14.2. The predicted molar refractivity (Wildman–Crippen MR) is 72.6 cm³/mol. The molecule has 0 unspecified atom stereocenters. The summed E-state index contributed by atoms with van der Waals surface area (Å²) in [4.78, 5) is 0. The number of nitrogens with two attached hydrogens (primary N) is 1. The van der Waals surface area contributed by atoms with Gasteiger partial charge in [0.2, 0.25) is 0 Å². The largest absolute Gasteiger partial charge is 0.484 e. The molecule has 0 saturated heterocycles. The van der Waals surface area contributed by atoms with E-state index in [0.717, 1.165) is 16.7 Å². The van der Waals surface area contributed by atoms with Gasteiger partial charge in [0.25, 0.3) is 0 Å².